The summed E-state index contributed by atoms with van der Waals surface area (Å²) in [4.78, 5) is 25.0. The van der Waals surface area contributed by atoms with E-state index in [1.807, 2.05) is 19.9 Å². The van der Waals surface area contributed by atoms with Crippen molar-refractivity contribution in [3.63, 3.8) is 0 Å². The monoisotopic (exact) mass is 378 g/mol. The van der Waals surface area contributed by atoms with E-state index in [9.17, 15) is 9.59 Å². The number of ether oxygens (including phenoxy) is 1. The van der Waals surface area contributed by atoms with Crippen molar-refractivity contribution in [2.24, 2.45) is 5.92 Å². The lowest BCUT2D eigenvalue weighted by atomic mass is 9.95. The number of esters is 1. The van der Waals surface area contributed by atoms with Gasteiger partial charge in [-0.1, -0.05) is 52.8 Å². The average Bonchev–Trinajstić information content (AvgIpc) is 2.58. The van der Waals surface area contributed by atoms with Crippen molar-refractivity contribution in [2.75, 3.05) is 0 Å². The summed E-state index contributed by atoms with van der Waals surface area (Å²) >= 11 is 0. The SMILES string of the molecule is CC[C@H](O[Si](C)(C)C(C)(C)C)[C@H](C)C(=O)[C@@H](C)OC(=O)c1ccccc1. The third-order valence-corrected chi connectivity index (χ3v) is 9.86. The van der Waals surface area contributed by atoms with Crippen molar-refractivity contribution in [1.82, 2.24) is 0 Å². The molecule has 4 nitrogen and oxygen atoms in total. The molecule has 0 saturated carbocycles. The summed E-state index contributed by atoms with van der Waals surface area (Å²) < 4.78 is 11.8. The zero-order valence-electron chi connectivity index (χ0n) is 17.5. The summed E-state index contributed by atoms with van der Waals surface area (Å²) in [5.41, 5.74) is 0.448. The Bertz CT molecular complexity index is 604. The quantitative estimate of drug-likeness (QED) is 0.459. The van der Waals surface area contributed by atoms with Crippen LogP contribution in [-0.2, 0) is 14.0 Å². The summed E-state index contributed by atoms with van der Waals surface area (Å²) in [6.07, 6.45) is -0.213. The Balaban J connectivity index is 2.78. The van der Waals surface area contributed by atoms with E-state index in [4.69, 9.17) is 9.16 Å². The molecule has 0 saturated heterocycles. The third kappa shape index (κ3) is 5.78. The number of carbonyl (C=O) groups excluding carboxylic acids is 2. The molecule has 0 spiro atoms. The highest BCUT2D eigenvalue weighted by Gasteiger charge is 2.41. The van der Waals surface area contributed by atoms with Crippen molar-refractivity contribution in [3.8, 4) is 0 Å². The molecule has 0 N–H and O–H groups in total. The van der Waals surface area contributed by atoms with Crippen LogP contribution in [0.2, 0.25) is 18.1 Å². The van der Waals surface area contributed by atoms with Gasteiger partial charge < -0.3 is 9.16 Å². The summed E-state index contributed by atoms with van der Waals surface area (Å²) in [7, 11) is -1.98. The third-order valence-electron chi connectivity index (χ3n) is 5.35. The Morgan fingerprint density at radius 3 is 2.08 bits per heavy atom. The number of ketones is 1. The van der Waals surface area contributed by atoms with E-state index in [2.05, 4.69) is 33.9 Å². The van der Waals surface area contributed by atoms with Crippen molar-refractivity contribution in [3.05, 3.63) is 35.9 Å². The Morgan fingerprint density at radius 2 is 1.62 bits per heavy atom. The van der Waals surface area contributed by atoms with Crippen molar-refractivity contribution >= 4 is 20.1 Å². The lowest BCUT2D eigenvalue weighted by Crippen LogP contribution is -2.47. The first-order valence-corrected chi connectivity index (χ1v) is 12.3. The molecule has 0 aromatic heterocycles. The van der Waals surface area contributed by atoms with Gasteiger partial charge in [0.25, 0.3) is 0 Å². The fourth-order valence-corrected chi connectivity index (χ4v) is 3.99. The minimum absolute atomic E-state index is 0.0780. The van der Waals surface area contributed by atoms with E-state index in [1.54, 1.807) is 31.2 Å². The average molecular weight is 379 g/mol. The fraction of sp³-hybridized carbons (Fsp3) is 0.619. The van der Waals surface area contributed by atoms with Gasteiger partial charge in [-0.2, -0.15) is 0 Å². The van der Waals surface area contributed by atoms with Gasteiger partial charge in [-0.3, -0.25) is 4.79 Å². The Hall–Kier alpha value is -1.46. The maximum absolute atomic E-state index is 12.8. The molecule has 26 heavy (non-hydrogen) atoms. The van der Waals surface area contributed by atoms with Crippen LogP contribution in [0.25, 0.3) is 0 Å². The number of hydrogen-bond donors (Lipinski definition) is 0. The zero-order valence-corrected chi connectivity index (χ0v) is 18.5. The predicted octanol–water partition coefficient (Wildman–Crippen LogP) is 5.24. The zero-order chi connectivity index (χ0) is 20.1. The van der Waals surface area contributed by atoms with Gasteiger partial charge in [0.1, 0.15) is 0 Å². The van der Waals surface area contributed by atoms with E-state index in [-0.39, 0.29) is 22.8 Å². The van der Waals surface area contributed by atoms with E-state index < -0.39 is 20.4 Å². The largest absolute Gasteiger partial charge is 0.451 e. The first-order valence-electron chi connectivity index (χ1n) is 9.38. The minimum Gasteiger partial charge on any atom is -0.451 e. The summed E-state index contributed by atoms with van der Waals surface area (Å²) in [6, 6.07) is 8.73. The summed E-state index contributed by atoms with van der Waals surface area (Å²) in [5, 5.41) is 0.0780. The highest BCUT2D eigenvalue weighted by molar-refractivity contribution is 6.74. The van der Waals surface area contributed by atoms with Crippen molar-refractivity contribution in [2.45, 2.75) is 78.3 Å². The van der Waals surface area contributed by atoms with Crippen LogP contribution in [0.5, 0.6) is 0 Å². The van der Waals surface area contributed by atoms with Gasteiger partial charge in [-0.25, -0.2) is 4.79 Å². The van der Waals surface area contributed by atoms with Crippen LogP contribution in [0.15, 0.2) is 30.3 Å². The highest BCUT2D eigenvalue weighted by atomic mass is 28.4. The number of benzene rings is 1. The predicted molar refractivity (Wildman–Crippen MR) is 108 cm³/mol. The maximum atomic E-state index is 12.8. The molecule has 146 valence electrons. The molecule has 1 aromatic rings. The number of hydrogen-bond acceptors (Lipinski definition) is 4. The molecule has 0 heterocycles. The Labute approximate surface area is 159 Å². The van der Waals surface area contributed by atoms with Crippen LogP contribution in [0.1, 0.15) is 58.3 Å². The van der Waals surface area contributed by atoms with E-state index in [0.717, 1.165) is 6.42 Å². The molecule has 0 radical (unpaired) electrons. The van der Waals surface area contributed by atoms with Gasteiger partial charge >= 0.3 is 5.97 Å². The standard InChI is InChI=1S/C21H34O4Si/c1-9-18(25-26(7,8)21(4,5)6)15(2)19(22)16(3)24-20(23)17-13-11-10-12-14-17/h10-16,18H,9H2,1-8H3/t15-,16+,18-/m0/s1. The molecule has 0 unspecified atom stereocenters. The second-order valence-electron chi connectivity index (χ2n) is 8.43. The first kappa shape index (κ1) is 22.6. The Kier molecular flexibility index (Phi) is 7.78. The van der Waals surface area contributed by atoms with Crippen LogP contribution in [0.4, 0.5) is 0 Å². The number of rotatable bonds is 8. The topological polar surface area (TPSA) is 52.6 Å². The van der Waals surface area contributed by atoms with Gasteiger partial charge in [0, 0.05) is 5.92 Å². The van der Waals surface area contributed by atoms with Crippen molar-refractivity contribution < 1.29 is 18.8 Å². The molecule has 1 aromatic carbocycles. The van der Waals surface area contributed by atoms with Crippen LogP contribution in [0.3, 0.4) is 0 Å². The van der Waals surface area contributed by atoms with Gasteiger partial charge in [0.15, 0.2) is 20.2 Å². The maximum Gasteiger partial charge on any atom is 0.338 e. The second-order valence-corrected chi connectivity index (χ2v) is 13.2. The van der Waals surface area contributed by atoms with Gasteiger partial charge in [0.05, 0.1) is 11.7 Å². The van der Waals surface area contributed by atoms with Crippen LogP contribution >= 0.6 is 0 Å². The first-order chi connectivity index (χ1) is 11.9. The molecule has 0 fully saturated rings. The van der Waals surface area contributed by atoms with Gasteiger partial charge in [0.2, 0.25) is 0 Å². The smallest absolute Gasteiger partial charge is 0.338 e. The number of carbonyl (C=O) groups is 2. The molecule has 0 aliphatic carbocycles. The molecule has 0 aliphatic heterocycles. The minimum atomic E-state index is -1.98. The lowest BCUT2D eigenvalue weighted by Gasteiger charge is -2.40. The summed E-state index contributed by atoms with van der Waals surface area (Å²) in [6.45, 7) is 16.5. The van der Waals surface area contributed by atoms with Crippen LogP contribution < -0.4 is 0 Å². The van der Waals surface area contributed by atoms with Crippen LogP contribution in [0, 0.1) is 5.92 Å². The normalized spacial score (nSPS) is 15.8. The van der Waals surface area contributed by atoms with Gasteiger partial charge in [-0.05, 0) is 43.6 Å². The molecular weight excluding hydrogens is 344 g/mol. The molecule has 5 heteroatoms. The number of Topliss-reactive ketones (excluding diaryl/α,β-unsaturated/α-hetero) is 1. The molecule has 0 aliphatic rings. The van der Waals surface area contributed by atoms with Crippen LogP contribution in [-0.4, -0.2) is 32.3 Å². The highest BCUT2D eigenvalue weighted by Crippen LogP contribution is 2.38. The molecule has 0 amide bonds. The van der Waals surface area contributed by atoms with Crippen molar-refractivity contribution in [1.29, 1.82) is 0 Å². The fourth-order valence-electron chi connectivity index (χ4n) is 2.51. The van der Waals surface area contributed by atoms with E-state index >= 15 is 0 Å². The Morgan fingerprint density at radius 1 is 1.08 bits per heavy atom. The lowest BCUT2D eigenvalue weighted by molar-refractivity contribution is -0.133. The second kappa shape index (κ2) is 8.96. The molecular formula is C21H34O4Si. The molecule has 1 rings (SSSR count). The molecule has 0 bridgehead atoms. The van der Waals surface area contributed by atoms with E-state index in [1.165, 1.54) is 0 Å². The summed E-state index contributed by atoms with van der Waals surface area (Å²) in [5.74, 6) is -0.899. The van der Waals surface area contributed by atoms with Gasteiger partial charge in [-0.15, -0.1) is 0 Å². The van der Waals surface area contributed by atoms with E-state index in [0.29, 0.717) is 5.56 Å². The molecule has 3 atom stereocenters.